The molecule has 2 aliphatic rings. The first-order chi connectivity index (χ1) is 11.7. The number of anilines is 2. The van der Waals surface area contributed by atoms with Gasteiger partial charge in [-0.15, -0.1) is 0 Å². The number of nitrogens with zero attached hydrogens (tertiary/aromatic N) is 3. The summed E-state index contributed by atoms with van der Waals surface area (Å²) < 4.78 is 0. The Bertz CT molecular complexity index is 710. The second kappa shape index (κ2) is 6.44. The van der Waals surface area contributed by atoms with E-state index in [1.54, 1.807) is 0 Å². The van der Waals surface area contributed by atoms with E-state index in [0.717, 1.165) is 45.0 Å². The van der Waals surface area contributed by atoms with Crippen molar-refractivity contribution in [1.29, 1.82) is 0 Å². The number of hydrogen-bond acceptors (Lipinski definition) is 4. The maximum Gasteiger partial charge on any atom is 0.128 e. The molecule has 1 saturated heterocycles. The highest BCUT2D eigenvalue weighted by atomic mass is 15.2. The van der Waals surface area contributed by atoms with Crippen molar-refractivity contribution >= 4 is 11.5 Å². The SMILES string of the molecule is Cc1ccc(N2CCc3cccc(N4CCN[C@H](C)C4)c3C2)nc1. The summed E-state index contributed by atoms with van der Waals surface area (Å²) in [5.74, 6) is 1.09. The lowest BCUT2D eigenvalue weighted by atomic mass is 9.96. The van der Waals surface area contributed by atoms with Crippen molar-refractivity contribution in [2.75, 3.05) is 36.0 Å². The number of fused-ring (bicyclic) bond motifs is 1. The zero-order chi connectivity index (χ0) is 16.5. The molecule has 1 N–H and O–H groups in total. The third kappa shape index (κ3) is 2.98. The quantitative estimate of drug-likeness (QED) is 0.921. The van der Waals surface area contributed by atoms with E-state index >= 15 is 0 Å². The third-order valence-electron chi connectivity index (χ3n) is 5.18. The second-order valence-corrected chi connectivity index (χ2v) is 7.08. The zero-order valence-corrected chi connectivity index (χ0v) is 14.6. The number of rotatable bonds is 2. The van der Waals surface area contributed by atoms with Crippen LogP contribution >= 0.6 is 0 Å². The van der Waals surface area contributed by atoms with Gasteiger partial charge in [0.05, 0.1) is 0 Å². The van der Waals surface area contributed by atoms with Gasteiger partial charge in [-0.1, -0.05) is 18.2 Å². The van der Waals surface area contributed by atoms with Crippen molar-refractivity contribution in [3.05, 3.63) is 53.2 Å². The first kappa shape index (κ1) is 15.5. The molecular weight excluding hydrogens is 296 g/mol. The van der Waals surface area contributed by atoms with Crippen LogP contribution in [0.5, 0.6) is 0 Å². The first-order valence-corrected chi connectivity index (χ1v) is 8.97. The minimum Gasteiger partial charge on any atom is -0.368 e. The van der Waals surface area contributed by atoms with Gasteiger partial charge in [0, 0.05) is 50.6 Å². The standard InChI is InChI=1S/C20H26N4/c1-15-6-7-20(22-12-15)24-10-8-17-4-3-5-19(18(17)14-24)23-11-9-21-16(2)13-23/h3-7,12,16,21H,8-11,13-14H2,1-2H3/t16-/m1/s1. The molecule has 4 nitrogen and oxygen atoms in total. The number of aromatic nitrogens is 1. The summed E-state index contributed by atoms with van der Waals surface area (Å²) in [6, 6.07) is 11.7. The molecule has 0 bridgehead atoms. The van der Waals surface area contributed by atoms with Gasteiger partial charge in [0.15, 0.2) is 0 Å². The van der Waals surface area contributed by atoms with Crippen LogP contribution in [0.1, 0.15) is 23.6 Å². The van der Waals surface area contributed by atoms with Gasteiger partial charge in [-0.05, 0) is 49.1 Å². The largest absolute Gasteiger partial charge is 0.368 e. The van der Waals surface area contributed by atoms with Crippen LogP contribution in [0.15, 0.2) is 36.5 Å². The first-order valence-electron chi connectivity index (χ1n) is 8.97. The normalized spacial score (nSPS) is 20.8. The molecule has 0 amide bonds. The van der Waals surface area contributed by atoms with Gasteiger partial charge >= 0.3 is 0 Å². The molecule has 0 aliphatic carbocycles. The predicted molar refractivity (Wildman–Crippen MR) is 99.8 cm³/mol. The summed E-state index contributed by atoms with van der Waals surface area (Å²) in [7, 11) is 0. The Labute approximate surface area is 144 Å². The van der Waals surface area contributed by atoms with E-state index in [0.29, 0.717) is 6.04 Å². The smallest absolute Gasteiger partial charge is 0.128 e. The number of benzene rings is 1. The van der Waals surface area contributed by atoms with Crippen LogP contribution in [0.25, 0.3) is 0 Å². The number of pyridine rings is 1. The predicted octanol–water partition coefficient (Wildman–Crippen LogP) is 2.75. The molecule has 1 aromatic carbocycles. The molecule has 0 unspecified atom stereocenters. The third-order valence-corrected chi connectivity index (χ3v) is 5.18. The summed E-state index contributed by atoms with van der Waals surface area (Å²) in [6.07, 6.45) is 3.06. The Kier molecular flexibility index (Phi) is 4.15. The molecular formula is C20H26N4. The molecule has 2 aliphatic heterocycles. The molecule has 24 heavy (non-hydrogen) atoms. The summed E-state index contributed by atoms with van der Waals surface area (Å²) in [5, 5.41) is 3.54. The molecule has 4 rings (SSSR count). The summed E-state index contributed by atoms with van der Waals surface area (Å²) >= 11 is 0. The van der Waals surface area contributed by atoms with E-state index in [1.807, 2.05) is 6.20 Å². The van der Waals surface area contributed by atoms with Crippen LogP contribution in [0.3, 0.4) is 0 Å². The molecule has 1 fully saturated rings. The van der Waals surface area contributed by atoms with Gasteiger partial charge in [0.25, 0.3) is 0 Å². The highest BCUT2D eigenvalue weighted by molar-refractivity contribution is 5.60. The van der Waals surface area contributed by atoms with E-state index in [9.17, 15) is 0 Å². The Morgan fingerprint density at radius 1 is 1.12 bits per heavy atom. The molecule has 0 saturated carbocycles. The van der Waals surface area contributed by atoms with Crippen molar-refractivity contribution in [3.63, 3.8) is 0 Å². The van der Waals surface area contributed by atoms with E-state index < -0.39 is 0 Å². The monoisotopic (exact) mass is 322 g/mol. The van der Waals surface area contributed by atoms with Crippen molar-refractivity contribution < 1.29 is 0 Å². The second-order valence-electron chi connectivity index (χ2n) is 7.08. The lowest BCUT2D eigenvalue weighted by Crippen LogP contribution is -2.49. The Hall–Kier alpha value is -2.07. The van der Waals surface area contributed by atoms with Crippen molar-refractivity contribution in [1.82, 2.24) is 10.3 Å². The molecule has 3 heterocycles. The highest BCUT2D eigenvalue weighted by Gasteiger charge is 2.24. The Morgan fingerprint density at radius 3 is 2.83 bits per heavy atom. The van der Waals surface area contributed by atoms with Crippen LogP contribution in [0.2, 0.25) is 0 Å². The Morgan fingerprint density at radius 2 is 2.04 bits per heavy atom. The fraction of sp³-hybridized carbons (Fsp3) is 0.450. The number of hydrogen-bond donors (Lipinski definition) is 1. The van der Waals surface area contributed by atoms with Crippen LogP contribution in [-0.2, 0) is 13.0 Å². The van der Waals surface area contributed by atoms with Gasteiger partial charge in [-0.25, -0.2) is 4.98 Å². The van der Waals surface area contributed by atoms with Gasteiger partial charge in [0.2, 0.25) is 0 Å². The van der Waals surface area contributed by atoms with E-state index in [4.69, 9.17) is 0 Å². The molecule has 0 spiro atoms. The van der Waals surface area contributed by atoms with Gasteiger partial charge in [-0.3, -0.25) is 0 Å². The van der Waals surface area contributed by atoms with E-state index in [2.05, 4.69) is 64.3 Å². The molecule has 2 aromatic rings. The number of nitrogens with one attached hydrogen (secondary N) is 1. The molecule has 4 heteroatoms. The average Bonchev–Trinajstić information content (AvgIpc) is 2.61. The lowest BCUT2D eigenvalue weighted by Gasteiger charge is -2.38. The number of aryl methyl sites for hydroxylation is 1. The van der Waals surface area contributed by atoms with Crippen molar-refractivity contribution in [3.8, 4) is 0 Å². The van der Waals surface area contributed by atoms with Crippen LogP contribution in [0, 0.1) is 6.92 Å². The minimum absolute atomic E-state index is 0.549. The average molecular weight is 322 g/mol. The van der Waals surface area contributed by atoms with Crippen LogP contribution in [0.4, 0.5) is 11.5 Å². The van der Waals surface area contributed by atoms with Gasteiger partial charge in [-0.2, -0.15) is 0 Å². The number of piperazine rings is 1. The van der Waals surface area contributed by atoms with Crippen LogP contribution in [-0.4, -0.2) is 37.2 Å². The molecule has 0 radical (unpaired) electrons. The topological polar surface area (TPSA) is 31.4 Å². The van der Waals surface area contributed by atoms with Crippen molar-refractivity contribution in [2.45, 2.75) is 32.9 Å². The minimum atomic E-state index is 0.549. The fourth-order valence-corrected chi connectivity index (χ4v) is 3.85. The molecule has 126 valence electrons. The summed E-state index contributed by atoms with van der Waals surface area (Å²) in [6.45, 7) is 9.59. The van der Waals surface area contributed by atoms with Crippen LogP contribution < -0.4 is 15.1 Å². The fourth-order valence-electron chi connectivity index (χ4n) is 3.85. The molecule has 1 atom stereocenters. The van der Waals surface area contributed by atoms with Gasteiger partial charge in [0.1, 0.15) is 5.82 Å². The van der Waals surface area contributed by atoms with Crippen molar-refractivity contribution in [2.24, 2.45) is 0 Å². The Balaban J connectivity index is 1.63. The maximum absolute atomic E-state index is 4.63. The lowest BCUT2D eigenvalue weighted by molar-refractivity contribution is 0.483. The maximum atomic E-state index is 4.63. The van der Waals surface area contributed by atoms with E-state index in [1.165, 1.54) is 22.4 Å². The van der Waals surface area contributed by atoms with Gasteiger partial charge < -0.3 is 15.1 Å². The molecule has 1 aromatic heterocycles. The van der Waals surface area contributed by atoms with E-state index in [-0.39, 0.29) is 0 Å². The zero-order valence-electron chi connectivity index (χ0n) is 14.6. The highest BCUT2D eigenvalue weighted by Crippen LogP contribution is 2.31. The summed E-state index contributed by atoms with van der Waals surface area (Å²) in [4.78, 5) is 9.59. The summed E-state index contributed by atoms with van der Waals surface area (Å²) in [5.41, 5.74) is 5.62.